The van der Waals surface area contributed by atoms with Crippen LogP contribution in [0.3, 0.4) is 0 Å². The van der Waals surface area contributed by atoms with E-state index in [1.165, 1.54) is 12.8 Å². The Morgan fingerprint density at radius 1 is 1.21 bits per heavy atom. The third-order valence-corrected chi connectivity index (χ3v) is 3.04. The van der Waals surface area contributed by atoms with Gasteiger partial charge < -0.3 is 14.8 Å². The Balaban J connectivity index is 1.75. The zero-order valence-electron chi connectivity index (χ0n) is 9.21. The minimum absolute atomic E-state index is 0.0627. The van der Waals surface area contributed by atoms with Gasteiger partial charge >= 0.3 is 0 Å². The molecule has 3 nitrogen and oxygen atoms in total. The normalized spacial score (nSPS) is 37.3. The predicted molar refractivity (Wildman–Crippen MR) is 55.4 cm³/mol. The van der Waals surface area contributed by atoms with Gasteiger partial charge in [-0.2, -0.15) is 0 Å². The molecule has 82 valence electrons. The average Bonchev–Trinajstić information content (AvgIpc) is 2.47. The minimum atomic E-state index is 0.0627. The molecule has 2 unspecified atom stereocenters. The van der Waals surface area contributed by atoms with Crippen molar-refractivity contribution in [2.45, 2.75) is 50.8 Å². The van der Waals surface area contributed by atoms with Crippen LogP contribution in [-0.4, -0.2) is 37.5 Å². The topological polar surface area (TPSA) is 30.5 Å². The van der Waals surface area contributed by atoms with Crippen LogP contribution in [0.5, 0.6) is 0 Å². The van der Waals surface area contributed by atoms with E-state index in [2.05, 4.69) is 19.2 Å². The molecule has 0 spiro atoms. The van der Waals surface area contributed by atoms with Gasteiger partial charge in [0, 0.05) is 18.7 Å². The first-order valence-corrected chi connectivity index (χ1v) is 5.63. The van der Waals surface area contributed by atoms with E-state index in [9.17, 15) is 0 Å². The number of rotatable bonds is 2. The fourth-order valence-electron chi connectivity index (χ4n) is 2.35. The largest absolute Gasteiger partial charge is 0.380 e. The molecule has 0 amide bonds. The summed E-state index contributed by atoms with van der Waals surface area (Å²) in [6.07, 6.45) is 3.55. The Kier molecular flexibility index (Phi) is 3.10. The molecule has 2 aliphatic rings. The molecule has 2 heterocycles. The molecular formula is C11H21NO2. The van der Waals surface area contributed by atoms with E-state index >= 15 is 0 Å². The highest BCUT2D eigenvalue weighted by atomic mass is 16.5. The third-order valence-electron chi connectivity index (χ3n) is 3.04. The molecule has 2 atom stereocenters. The lowest BCUT2D eigenvalue weighted by Crippen LogP contribution is -2.43. The second-order valence-electron chi connectivity index (χ2n) is 5.05. The lowest BCUT2D eigenvalue weighted by atomic mass is 10.0. The van der Waals surface area contributed by atoms with Gasteiger partial charge in [-0.1, -0.05) is 0 Å². The highest BCUT2D eigenvalue weighted by molar-refractivity contribution is 4.87. The lowest BCUT2D eigenvalue weighted by Gasteiger charge is -2.26. The van der Waals surface area contributed by atoms with Crippen LogP contribution >= 0.6 is 0 Å². The maximum Gasteiger partial charge on any atom is 0.0643 e. The highest BCUT2D eigenvalue weighted by Crippen LogP contribution is 2.25. The fraction of sp³-hybridized carbons (Fsp3) is 1.00. The Hall–Kier alpha value is -0.120. The van der Waals surface area contributed by atoms with E-state index in [-0.39, 0.29) is 5.60 Å². The van der Waals surface area contributed by atoms with Crippen molar-refractivity contribution in [1.29, 1.82) is 0 Å². The number of ether oxygens (including phenoxy) is 2. The second kappa shape index (κ2) is 4.17. The Bertz CT molecular complexity index is 188. The maximum absolute atomic E-state index is 5.69. The van der Waals surface area contributed by atoms with E-state index in [0.717, 1.165) is 26.2 Å². The molecule has 0 saturated carbocycles. The fourth-order valence-corrected chi connectivity index (χ4v) is 2.35. The van der Waals surface area contributed by atoms with Gasteiger partial charge in [-0.05, 0) is 33.1 Å². The van der Waals surface area contributed by atoms with Gasteiger partial charge in [0.05, 0.1) is 18.8 Å². The number of hydrogen-bond acceptors (Lipinski definition) is 3. The van der Waals surface area contributed by atoms with Crippen LogP contribution in [0.2, 0.25) is 0 Å². The second-order valence-corrected chi connectivity index (χ2v) is 5.05. The van der Waals surface area contributed by atoms with Crippen molar-refractivity contribution in [1.82, 2.24) is 5.32 Å². The van der Waals surface area contributed by atoms with Crippen molar-refractivity contribution in [2.75, 3.05) is 19.8 Å². The molecule has 2 aliphatic heterocycles. The monoisotopic (exact) mass is 199 g/mol. The summed E-state index contributed by atoms with van der Waals surface area (Å²) in [7, 11) is 0. The zero-order chi connectivity index (χ0) is 10.0. The van der Waals surface area contributed by atoms with E-state index < -0.39 is 0 Å². The first-order chi connectivity index (χ1) is 6.66. The maximum atomic E-state index is 5.69. The van der Waals surface area contributed by atoms with Crippen LogP contribution in [0.15, 0.2) is 0 Å². The standard InChI is InChI=1S/C11H21NO2/c1-11(2)6-10(8-14-11)12-9-4-3-5-13-7-9/h9-10,12H,3-8H2,1-2H3. The molecule has 1 N–H and O–H groups in total. The molecule has 14 heavy (non-hydrogen) atoms. The van der Waals surface area contributed by atoms with E-state index in [0.29, 0.717) is 12.1 Å². The Morgan fingerprint density at radius 2 is 2.07 bits per heavy atom. The van der Waals surface area contributed by atoms with Crippen molar-refractivity contribution in [3.63, 3.8) is 0 Å². The van der Waals surface area contributed by atoms with Gasteiger partial charge in [0.1, 0.15) is 0 Å². The van der Waals surface area contributed by atoms with E-state index in [1.807, 2.05) is 0 Å². The Labute approximate surface area is 86.2 Å². The smallest absolute Gasteiger partial charge is 0.0643 e. The quantitative estimate of drug-likeness (QED) is 0.727. The first kappa shape index (κ1) is 10.4. The predicted octanol–water partition coefficient (Wildman–Crippen LogP) is 1.32. The number of nitrogens with one attached hydrogen (secondary N) is 1. The van der Waals surface area contributed by atoms with Crippen molar-refractivity contribution >= 4 is 0 Å². The summed E-state index contributed by atoms with van der Waals surface area (Å²) in [6.45, 7) is 6.98. The van der Waals surface area contributed by atoms with Crippen LogP contribution in [0.1, 0.15) is 33.1 Å². The molecular weight excluding hydrogens is 178 g/mol. The molecule has 0 aromatic heterocycles. The van der Waals surface area contributed by atoms with Gasteiger partial charge in [-0.15, -0.1) is 0 Å². The first-order valence-electron chi connectivity index (χ1n) is 5.63. The third kappa shape index (κ3) is 2.69. The zero-order valence-corrected chi connectivity index (χ0v) is 9.21. The van der Waals surface area contributed by atoms with E-state index in [4.69, 9.17) is 9.47 Å². The van der Waals surface area contributed by atoms with Crippen LogP contribution in [0.4, 0.5) is 0 Å². The molecule has 3 heteroatoms. The molecule has 2 saturated heterocycles. The van der Waals surface area contributed by atoms with Crippen molar-refractivity contribution in [2.24, 2.45) is 0 Å². The van der Waals surface area contributed by atoms with Gasteiger partial charge in [0.25, 0.3) is 0 Å². The minimum Gasteiger partial charge on any atom is -0.380 e. The molecule has 2 fully saturated rings. The molecule has 0 aromatic rings. The number of hydrogen-bond donors (Lipinski definition) is 1. The van der Waals surface area contributed by atoms with E-state index in [1.54, 1.807) is 0 Å². The van der Waals surface area contributed by atoms with Crippen LogP contribution < -0.4 is 5.32 Å². The summed E-state index contributed by atoms with van der Waals surface area (Å²) in [5, 5.41) is 3.62. The summed E-state index contributed by atoms with van der Waals surface area (Å²) < 4.78 is 11.1. The van der Waals surface area contributed by atoms with Crippen LogP contribution in [0.25, 0.3) is 0 Å². The summed E-state index contributed by atoms with van der Waals surface area (Å²) in [5.41, 5.74) is 0.0627. The van der Waals surface area contributed by atoms with Crippen molar-refractivity contribution in [3.05, 3.63) is 0 Å². The summed E-state index contributed by atoms with van der Waals surface area (Å²) in [4.78, 5) is 0. The summed E-state index contributed by atoms with van der Waals surface area (Å²) >= 11 is 0. The molecule has 0 radical (unpaired) electrons. The summed E-state index contributed by atoms with van der Waals surface area (Å²) in [6, 6.07) is 1.07. The van der Waals surface area contributed by atoms with Gasteiger partial charge in [-0.25, -0.2) is 0 Å². The van der Waals surface area contributed by atoms with Crippen LogP contribution in [0, 0.1) is 0 Å². The lowest BCUT2D eigenvalue weighted by molar-refractivity contribution is 0.0342. The van der Waals surface area contributed by atoms with Crippen LogP contribution in [-0.2, 0) is 9.47 Å². The molecule has 0 aliphatic carbocycles. The van der Waals surface area contributed by atoms with Crippen molar-refractivity contribution in [3.8, 4) is 0 Å². The molecule has 2 rings (SSSR count). The summed E-state index contributed by atoms with van der Waals surface area (Å²) in [5.74, 6) is 0. The Morgan fingerprint density at radius 3 is 2.64 bits per heavy atom. The van der Waals surface area contributed by atoms with Crippen molar-refractivity contribution < 1.29 is 9.47 Å². The molecule has 0 aromatic carbocycles. The van der Waals surface area contributed by atoms with Gasteiger partial charge in [0.2, 0.25) is 0 Å². The average molecular weight is 199 g/mol. The van der Waals surface area contributed by atoms with Gasteiger partial charge in [-0.3, -0.25) is 0 Å². The SMILES string of the molecule is CC1(C)CC(NC2CCCOC2)CO1. The van der Waals surface area contributed by atoms with Gasteiger partial charge in [0.15, 0.2) is 0 Å². The highest BCUT2D eigenvalue weighted by Gasteiger charge is 2.33. The molecule has 0 bridgehead atoms.